The summed E-state index contributed by atoms with van der Waals surface area (Å²) in [5, 5.41) is 10.9. The summed E-state index contributed by atoms with van der Waals surface area (Å²) in [5.74, 6) is 1.22. The van der Waals surface area contributed by atoms with Gasteiger partial charge in [-0.15, -0.1) is 0 Å². The van der Waals surface area contributed by atoms with Crippen LogP contribution >= 0.6 is 0 Å². The molecule has 0 spiro atoms. The van der Waals surface area contributed by atoms with Crippen LogP contribution in [0.25, 0.3) is 11.3 Å². The number of ether oxygens (including phenoxy) is 2. The van der Waals surface area contributed by atoms with Crippen LogP contribution in [0.1, 0.15) is 42.2 Å². The number of unbranched alkanes of at least 4 members (excludes halogenated alkanes) is 2. The second kappa shape index (κ2) is 10.8. The highest BCUT2D eigenvalue weighted by Crippen LogP contribution is 2.21. The molecule has 7 heteroatoms. The van der Waals surface area contributed by atoms with Gasteiger partial charge in [0.05, 0.1) is 25.6 Å². The van der Waals surface area contributed by atoms with Crippen LogP contribution < -0.4 is 14.9 Å². The Bertz CT molecular complexity index is 963. The summed E-state index contributed by atoms with van der Waals surface area (Å²) in [5.41, 5.74) is 5.24. The van der Waals surface area contributed by atoms with Crippen molar-refractivity contribution in [3.63, 3.8) is 0 Å². The summed E-state index contributed by atoms with van der Waals surface area (Å²) in [6, 6.07) is 16.7. The van der Waals surface area contributed by atoms with Crippen LogP contribution in [-0.2, 0) is 0 Å². The number of hydrogen-bond donors (Lipinski definition) is 2. The number of aromatic nitrogens is 2. The number of rotatable bonds is 10. The van der Waals surface area contributed by atoms with Crippen molar-refractivity contribution < 1.29 is 14.3 Å². The average Bonchev–Trinajstić information content (AvgIpc) is 3.28. The standard InChI is InChI=1S/C23H26N4O3/c1-3-4-5-14-30-20-10-6-17(7-11-20)16-24-27-23(28)22-15-21(25-26-22)18-8-12-19(29-2)13-9-18/h6-13,15-16H,3-5,14H2,1-2H3,(H,25,26)(H,27,28)/b24-16+. The maximum Gasteiger partial charge on any atom is 0.289 e. The largest absolute Gasteiger partial charge is 0.497 e. The third-order valence-corrected chi connectivity index (χ3v) is 4.48. The fraction of sp³-hybridized carbons (Fsp3) is 0.261. The molecule has 30 heavy (non-hydrogen) atoms. The summed E-state index contributed by atoms with van der Waals surface area (Å²) < 4.78 is 10.8. The van der Waals surface area contributed by atoms with Gasteiger partial charge in [-0.1, -0.05) is 19.8 Å². The molecule has 0 bridgehead atoms. The lowest BCUT2D eigenvalue weighted by Crippen LogP contribution is -2.17. The molecule has 2 N–H and O–H groups in total. The fourth-order valence-corrected chi connectivity index (χ4v) is 2.77. The van der Waals surface area contributed by atoms with Crippen molar-refractivity contribution in [2.45, 2.75) is 26.2 Å². The van der Waals surface area contributed by atoms with Crippen molar-refractivity contribution >= 4 is 12.1 Å². The molecule has 0 radical (unpaired) electrons. The lowest BCUT2D eigenvalue weighted by Gasteiger charge is -2.05. The van der Waals surface area contributed by atoms with Gasteiger partial charge in [0.15, 0.2) is 0 Å². The first-order valence-electron chi connectivity index (χ1n) is 9.95. The van der Waals surface area contributed by atoms with E-state index < -0.39 is 0 Å². The van der Waals surface area contributed by atoms with Crippen molar-refractivity contribution in [1.82, 2.24) is 15.6 Å². The Hall–Kier alpha value is -3.61. The van der Waals surface area contributed by atoms with Gasteiger partial charge >= 0.3 is 0 Å². The van der Waals surface area contributed by atoms with Gasteiger partial charge < -0.3 is 9.47 Å². The summed E-state index contributed by atoms with van der Waals surface area (Å²) in [7, 11) is 1.61. The third-order valence-electron chi connectivity index (χ3n) is 4.48. The highest BCUT2D eigenvalue weighted by molar-refractivity contribution is 5.94. The molecule has 2 aromatic carbocycles. The maximum atomic E-state index is 12.3. The van der Waals surface area contributed by atoms with E-state index in [1.807, 2.05) is 48.5 Å². The molecule has 0 fully saturated rings. The predicted molar refractivity (Wildman–Crippen MR) is 117 cm³/mol. The molecule has 7 nitrogen and oxygen atoms in total. The van der Waals surface area contributed by atoms with Crippen molar-refractivity contribution in [2.24, 2.45) is 5.10 Å². The molecule has 156 valence electrons. The SMILES string of the molecule is CCCCCOc1ccc(/C=N/NC(=O)c2cc(-c3ccc(OC)cc3)n[nH]2)cc1. The molecule has 3 rings (SSSR count). The second-order valence-corrected chi connectivity index (χ2v) is 6.72. The van der Waals surface area contributed by atoms with E-state index >= 15 is 0 Å². The van der Waals surface area contributed by atoms with Gasteiger partial charge in [-0.2, -0.15) is 10.2 Å². The summed E-state index contributed by atoms with van der Waals surface area (Å²) in [6.07, 6.45) is 4.98. The van der Waals surface area contributed by atoms with Gasteiger partial charge in [0, 0.05) is 5.56 Å². The first kappa shape index (κ1) is 21.1. The Morgan fingerprint density at radius 3 is 2.53 bits per heavy atom. The van der Waals surface area contributed by atoms with Gasteiger partial charge in [-0.05, 0) is 66.6 Å². The van der Waals surface area contributed by atoms with E-state index in [-0.39, 0.29) is 5.91 Å². The van der Waals surface area contributed by atoms with Crippen molar-refractivity contribution in [1.29, 1.82) is 0 Å². The van der Waals surface area contributed by atoms with Crippen LogP contribution in [-0.4, -0.2) is 36.0 Å². The van der Waals surface area contributed by atoms with E-state index in [9.17, 15) is 4.79 Å². The summed E-state index contributed by atoms with van der Waals surface area (Å²) >= 11 is 0. The van der Waals surface area contributed by atoms with E-state index in [4.69, 9.17) is 9.47 Å². The van der Waals surface area contributed by atoms with E-state index in [0.717, 1.165) is 35.7 Å². The minimum absolute atomic E-state index is 0.328. The Balaban J connectivity index is 1.51. The number of H-pyrrole nitrogens is 1. The smallest absolute Gasteiger partial charge is 0.289 e. The number of nitrogens with one attached hydrogen (secondary N) is 2. The number of aromatic amines is 1. The monoisotopic (exact) mass is 406 g/mol. The predicted octanol–water partition coefficient (Wildman–Crippen LogP) is 4.42. The fourth-order valence-electron chi connectivity index (χ4n) is 2.77. The Kier molecular flexibility index (Phi) is 7.60. The molecule has 0 aliphatic carbocycles. The van der Waals surface area contributed by atoms with E-state index in [1.54, 1.807) is 19.4 Å². The van der Waals surface area contributed by atoms with Gasteiger partial charge in [0.25, 0.3) is 5.91 Å². The topological polar surface area (TPSA) is 88.6 Å². The number of hydrazone groups is 1. The quantitative estimate of drug-likeness (QED) is 0.296. The molecule has 0 atom stereocenters. The summed E-state index contributed by atoms with van der Waals surface area (Å²) in [6.45, 7) is 2.89. The molecule has 1 amide bonds. The normalized spacial score (nSPS) is 10.9. The lowest BCUT2D eigenvalue weighted by atomic mass is 10.1. The van der Waals surface area contributed by atoms with Crippen LogP contribution in [0.5, 0.6) is 11.5 Å². The molecule has 0 saturated carbocycles. The number of amides is 1. The van der Waals surface area contributed by atoms with Gasteiger partial charge in [-0.3, -0.25) is 9.89 Å². The van der Waals surface area contributed by atoms with Gasteiger partial charge in [0.1, 0.15) is 17.2 Å². The van der Waals surface area contributed by atoms with Crippen molar-refractivity contribution in [2.75, 3.05) is 13.7 Å². The Morgan fingerprint density at radius 2 is 1.83 bits per heavy atom. The zero-order valence-corrected chi connectivity index (χ0v) is 17.2. The van der Waals surface area contributed by atoms with Crippen molar-refractivity contribution in [3.8, 4) is 22.8 Å². The first-order valence-corrected chi connectivity index (χ1v) is 9.95. The maximum absolute atomic E-state index is 12.3. The lowest BCUT2D eigenvalue weighted by molar-refractivity contribution is 0.0950. The zero-order valence-electron chi connectivity index (χ0n) is 17.2. The molecule has 0 aliphatic rings. The number of benzene rings is 2. The molecule has 1 heterocycles. The minimum Gasteiger partial charge on any atom is -0.497 e. The highest BCUT2D eigenvalue weighted by atomic mass is 16.5. The number of hydrogen-bond acceptors (Lipinski definition) is 5. The number of carbonyl (C=O) groups excluding carboxylic acids is 1. The zero-order chi connectivity index (χ0) is 21.2. The molecule has 3 aromatic rings. The van der Waals surface area contributed by atoms with Gasteiger partial charge in [0.2, 0.25) is 0 Å². The minimum atomic E-state index is -0.366. The van der Waals surface area contributed by atoms with Crippen LogP contribution in [0.4, 0.5) is 0 Å². The van der Waals surface area contributed by atoms with Crippen LogP contribution in [0.2, 0.25) is 0 Å². The highest BCUT2D eigenvalue weighted by Gasteiger charge is 2.10. The first-order chi connectivity index (χ1) is 14.7. The molecular weight excluding hydrogens is 380 g/mol. The van der Waals surface area contributed by atoms with Crippen LogP contribution in [0.15, 0.2) is 59.7 Å². The van der Waals surface area contributed by atoms with Crippen molar-refractivity contribution in [3.05, 3.63) is 65.9 Å². The molecule has 1 aromatic heterocycles. The molecule has 0 unspecified atom stereocenters. The van der Waals surface area contributed by atoms with Gasteiger partial charge in [-0.25, -0.2) is 5.43 Å². The number of methoxy groups -OCH3 is 1. The average molecular weight is 406 g/mol. The summed E-state index contributed by atoms with van der Waals surface area (Å²) in [4.78, 5) is 12.3. The van der Waals surface area contributed by atoms with E-state index in [1.165, 1.54) is 12.8 Å². The third kappa shape index (κ3) is 5.94. The van der Waals surface area contributed by atoms with Crippen LogP contribution in [0.3, 0.4) is 0 Å². The van der Waals surface area contributed by atoms with E-state index in [0.29, 0.717) is 11.4 Å². The molecular formula is C23H26N4O3. The van der Waals surface area contributed by atoms with Crippen LogP contribution in [0, 0.1) is 0 Å². The number of nitrogens with zero attached hydrogens (tertiary/aromatic N) is 2. The molecule has 0 saturated heterocycles. The number of carbonyl (C=O) groups is 1. The second-order valence-electron chi connectivity index (χ2n) is 6.72. The Labute approximate surface area is 176 Å². The Morgan fingerprint density at radius 1 is 1.10 bits per heavy atom. The molecule has 0 aliphatic heterocycles. The van der Waals surface area contributed by atoms with E-state index in [2.05, 4.69) is 27.6 Å².